The fraction of sp³-hybridized carbons (Fsp3) is 0.212. The molecule has 162 valence electrons. The molecule has 0 bridgehead atoms. The Morgan fingerprint density at radius 2 is 1.24 bits per heavy atom. The number of benzene rings is 4. The Hall–Kier alpha value is -3.38. The maximum atomic E-state index is 2.46. The lowest BCUT2D eigenvalue weighted by molar-refractivity contribution is 0.838. The normalized spacial score (nSPS) is 17.9. The predicted molar refractivity (Wildman–Crippen MR) is 141 cm³/mol. The Morgan fingerprint density at radius 1 is 0.576 bits per heavy atom. The van der Waals surface area contributed by atoms with Crippen molar-refractivity contribution in [1.29, 1.82) is 0 Å². The van der Waals surface area contributed by atoms with E-state index in [4.69, 9.17) is 0 Å². The van der Waals surface area contributed by atoms with E-state index in [1.54, 1.807) is 0 Å². The largest absolute Gasteiger partial charge is 0.0728 e. The third-order valence-corrected chi connectivity index (χ3v) is 7.70. The number of fused-ring (bicyclic) bond motifs is 7. The first-order chi connectivity index (χ1) is 16.1. The summed E-state index contributed by atoms with van der Waals surface area (Å²) in [6, 6.07) is 32.3. The minimum Gasteiger partial charge on any atom is -0.0651 e. The van der Waals surface area contributed by atoms with E-state index in [0.29, 0.717) is 0 Å². The molecule has 0 N–H and O–H groups in total. The van der Waals surface area contributed by atoms with E-state index in [-0.39, 0.29) is 5.41 Å². The highest BCUT2D eigenvalue weighted by Crippen LogP contribution is 2.65. The van der Waals surface area contributed by atoms with Crippen molar-refractivity contribution in [3.05, 3.63) is 129 Å². The summed E-state index contributed by atoms with van der Waals surface area (Å²) in [5, 5.41) is 0. The SMILES string of the molecule is CCCC1=C(c2ccccc2C)C2(c3cc(C)ccc31)c1ccccc1-c1cc(C)ccc12. The van der Waals surface area contributed by atoms with Gasteiger partial charge in [0.25, 0.3) is 0 Å². The van der Waals surface area contributed by atoms with Gasteiger partial charge in [-0.15, -0.1) is 0 Å². The molecule has 0 aromatic heterocycles. The molecule has 1 unspecified atom stereocenters. The van der Waals surface area contributed by atoms with E-state index in [2.05, 4.69) is 113 Å². The first-order valence-electron chi connectivity index (χ1n) is 12.2. The number of hydrogen-bond donors (Lipinski definition) is 0. The Kier molecular flexibility index (Phi) is 4.49. The van der Waals surface area contributed by atoms with Crippen molar-refractivity contribution in [2.75, 3.05) is 0 Å². The second kappa shape index (κ2) is 7.32. The van der Waals surface area contributed by atoms with E-state index in [9.17, 15) is 0 Å². The standard InChI is InChI=1S/C33H30/c1-5-10-27-26-17-15-22(3)20-31(26)33(32(27)24-12-7-6-11-23(24)4)29-14-9-8-13-25(29)28-19-21(2)16-18-30(28)33/h6-9,11-20H,5,10H2,1-4H3. The van der Waals surface area contributed by atoms with Gasteiger partial charge in [0.2, 0.25) is 0 Å². The highest BCUT2D eigenvalue weighted by atomic mass is 14.5. The van der Waals surface area contributed by atoms with Gasteiger partial charge in [-0.25, -0.2) is 0 Å². The first-order valence-corrected chi connectivity index (χ1v) is 12.2. The molecule has 33 heavy (non-hydrogen) atoms. The lowest BCUT2D eigenvalue weighted by atomic mass is 9.67. The van der Waals surface area contributed by atoms with Crippen LogP contribution in [0.3, 0.4) is 0 Å². The van der Waals surface area contributed by atoms with Crippen LogP contribution in [0.25, 0.3) is 22.3 Å². The molecule has 4 aromatic rings. The predicted octanol–water partition coefficient (Wildman–Crippen LogP) is 8.65. The third kappa shape index (κ3) is 2.64. The topological polar surface area (TPSA) is 0 Å². The summed E-state index contributed by atoms with van der Waals surface area (Å²) in [7, 11) is 0. The molecule has 2 aliphatic rings. The maximum Gasteiger partial charge on any atom is 0.0728 e. The lowest BCUT2D eigenvalue weighted by Crippen LogP contribution is -2.27. The minimum atomic E-state index is -0.266. The van der Waals surface area contributed by atoms with Crippen LogP contribution in [-0.2, 0) is 5.41 Å². The monoisotopic (exact) mass is 426 g/mol. The second-order valence-corrected chi connectivity index (χ2v) is 9.81. The molecule has 1 spiro atoms. The van der Waals surface area contributed by atoms with Crippen LogP contribution in [0.1, 0.15) is 64.3 Å². The van der Waals surface area contributed by atoms with Gasteiger partial charge in [-0.05, 0) is 82.8 Å². The van der Waals surface area contributed by atoms with E-state index in [1.165, 1.54) is 66.8 Å². The van der Waals surface area contributed by atoms with E-state index in [1.807, 2.05) is 0 Å². The lowest BCUT2D eigenvalue weighted by Gasteiger charge is -2.34. The van der Waals surface area contributed by atoms with Crippen LogP contribution in [-0.4, -0.2) is 0 Å². The van der Waals surface area contributed by atoms with Crippen molar-refractivity contribution in [1.82, 2.24) is 0 Å². The van der Waals surface area contributed by atoms with Gasteiger partial charge in [0.1, 0.15) is 0 Å². The Morgan fingerprint density at radius 3 is 2.03 bits per heavy atom. The van der Waals surface area contributed by atoms with Crippen LogP contribution in [0.2, 0.25) is 0 Å². The highest BCUT2D eigenvalue weighted by Gasteiger charge is 2.53. The van der Waals surface area contributed by atoms with Crippen molar-refractivity contribution in [2.24, 2.45) is 0 Å². The summed E-state index contributed by atoms with van der Waals surface area (Å²) in [6.45, 7) is 9.02. The zero-order valence-electron chi connectivity index (χ0n) is 20.0. The average Bonchev–Trinajstić information content (AvgIpc) is 3.25. The Balaban J connectivity index is 1.85. The van der Waals surface area contributed by atoms with Gasteiger partial charge in [-0.1, -0.05) is 109 Å². The summed E-state index contributed by atoms with van der Waals surface area (Å²) in [6.07, 6.45) is 2.22. The summed E-state index contributed by atoms with van der Waals surface area (Å²) in [5.74, 6) is 0. The molecule has 4 aromatic carbocycles. The molecule has 0 radical (unpaired) electrons. The quantitative estimate of drug-likeness (QED) is 0.307. The van der Waals surface area contributed by atoms with Crippen LogP contribution >= 0.6 is 0 Å². The minimum absolute atomic E-state index is 0.266. The van der Waals surface area contributed by atoms with Gasteiger partial charge >= 0.3 is 0 Å². The number of aryl methyl sites for hydroxylation is 3. The third-order valence-electron chi connectivity index (χ3n) is 7.70. The molecule has 0 heterocycles. The molecule has 1 atom stereocenters. The smallest absolute Gasteiger partial charge is 0.0651 e. The van der Waals surface area contributed by atoms with Crippen molar-refractivity contribution >= 4 is 11.1 Å². The summed E-state index contributed by atoms with van der Waals surface area (Å²) in [5.41, 5.74) is 16.7. The van der Waals surface area contributed by atoms with Gasteiger partial charge in [-0.2, -0.15) is 0 Å². The summed E-state index contributed by atoms with van der Waals surface area (Å²) >= 11 is 0. The van der Waals surface area contributed by atoms with Crippen LogP contribution in [0, 0.1) is 20.8 Å². The summed E-state index contributed by atoms with van der Waals surface area (Å²) < 4.78 is 0. The molecule has 0 amide bonds. The zero-order chi connectivity index (χ0) is 22.7. The van der Waals surface area contributed by atoms with Gasteiger partial charge in [0.05, 0.1) is 5.41 Å². The summed E-state index contributed by atoms with van der Waals surface area (Å²) in [4.78, 5) is 0. The maximum absolute atomic E-state index is 2.46. The number of hydrogen-bond acceptors (Lipinski definition) is 0. The molecule has 6 rings (SSSR count). The molecule has 0 saturated heterocycles. The van der Waals surface area contributed by atoms with Crippen molar-refractivity contribution < 1.29 is 0 Å². The van der Waals surface area contributed by atoms with Crippen LogP contribution < -0.4 is 0 Å². The molecule has 0 aliphatic heterocycles. The fourth-order valence-electron chi connectivity index (χ4n) is 6.41. The number of allylic oxidation sites excluding steroid dienone is 2. The molecule has 2 aliphatic carbocycles. The van der Waals surface area contributed by atoms with E-state index < -0.39 is 0 Å². The van der Waals surface area contributed by atoms with Crippen LogP contribution in [0.4, 0.5) is 0 Å². The molecule has 0 nitrogen and oxygen atoms in total. The van der Waals surface area contributed by atoms with Gasteiger partial charge in [0, 0.05) is 0 Å². The molecular formula is C33H30. The Labute approximate surface area is 197 Å². The highest BCUT2D eigenvalue weighted by molar-refractivity contribution is 6.10. The Bertz CT molecular complexity index is 1450. The van der Waals surface area contributed by atoms with Crippen LogP contribution in [0.5, 0.6) is 0 Å². The first kappa shape index (κ1) is 20.2. The zero-order valence-corrected chi connectivity index (χ0v) is 20.0. The van der Waals surface area contributed by atoms with Gasteiger partial charge in [-0.3, -0.25) is 0 Å². The molecule has 0 heteroatoms. The van der Waals surface area contributed by atoms with Gasteiger partial charge in [0.15, 0.2) is 0 Å². The second-order valence-electron chi connectivity index (χ2n) is 9.81. The molecule has 0 fully saturated rings. The van der Waals surface area contributed by atoms with Crippen molar-refractivity contribution in [3.8, 4) is 11.1 Å². The van der Waals surface area contributed by atoms with Gasteiger partial charge < -0.3 is 0 Å². The van der Waals surface area contributed by atoms with Crippen molar-refractivity contribution in [3.63, 3.8) is 0 Å². The van der Waals surface area contributed by atoms with E-state index in [0.717, 1.165) is 12.8 Å². The number of rotatable bonds is 3. The van der Waals surface area contributed by atoms with Crippen LogP contribution in [0.15, 0.2) is 84.9 Å². The molecular weight excluding hydrogens is 396 g/mol. The van der Waals surface area contributed by atoms with Crippen molar-refractivity contribution in [2.45, 2.75) is 46.0 Å². The van der Waals surface area contributed by atoms with E-state index >= 15 is 0 Å². The molecule has 0 saturated carbocycles. The fourth-order valence-corrected chi connectivity index (χ4v) is 6.41. The average molecular weight is 427 g/mol.